The molecule has 3 aromatic rings. The van der Waals surface area contributed by atoms with Crippen molar-refractivity contribution in [1.82, 2.24) is 5.32 Å². The molecule has 0 radical (unpaired) electrons. The second-order valence-corrected chi connectivity index (χ2v) is 9.25. The van der Waals surface area contributed by atoms with Crippen molar-refractivity contribution in [2.24, 2.45) is 5.14 Å². The molecule has 0 saturated heterocycles. The van der Waals surface area contributed by atoms with Crippen molar-refractivity contribution in [3.63, 3.8) is 0 Å². The Morgan fingerprint density at radius 3 is 2.50 bits per heavy atom. The number of ether oxygens (including phenoxy) is 2. The average molecular weight is 447 g/mol. The highest BCUT2D eigenvalue weighted by Crippen LogP contribution is 2.32. The number of benzene rings is 2. The van der Waals surface area contributed by atoms with Crippen LogP contribution in [0.3, 0.4) is 0 Å². The van der Waals surface area contributed by atoms with E-state index in [1.807, 2.05) is 42.6 Å². The number of nitrogens with one attached hydrogen (secondary N) is 1. The Kier molecular flexibility index (Phi) is 7.87. The van der Waals surface area contributed by atoms with E-state index in [2.05, 4.69) is 5.32 Å². The molecule has 3 N–H and O–H groups in total. The number of hydrogen-bond donors (Lipinski definition) is 2. The van der Waals surface area contributed by atoms with Crippen LogP contribution in [-0.4, -0.2) is 21.6 Å². The smallest absolute Gasteiger partial charge is 0.238 e. The van der Waals surface area contributed by atoms with E-state index in [4.69, 9.17) is 14.6 Å². The minimum atomic E-state index is -3.66. The molecule has 1 aromatic heterocycles. The summed E-state index contributed by atoms with van der Waals surface area (Å²) in [6.07, 6.45) is 0.765. The second kappa shape index (κ2) is 10.6. The van der Waals surface area contributed by atoms with Gasteiger partial charge in [0.15, 0.2) is 11.5 Å². The summed E-state index contributed by atoms with van der Waals surface area (Å²) in [4.78, 5) is 1.28. The fourth-order valence-electron chi connectivity index (χ4n) is 2.97. The molecule has 0 bridgehead atoms. The van der Waals surface area contributed by atoms with E-state index in [0.29, 0.717) is 19.8 Å². The molecule has 0 aliphatic rings. The molecule has 0 amide bonds. The summed E-state index contributed by atoms with van der Waals surface area (Å²) >= 11 is 1.66. The van der Waals surface area contributed by atoms with Crippen LogP contribution in [-0.2, 0) is 29.6 Å². The van der Waals surface area contributed by atoms with Gasteiger partial charge in [0.2, 0.25) is 10.0 Å². The zero-order valence-electron chi connectivity index (χ0n) is 16.8. The van der Waals surface area contributed by atoms with Crippen molar-refractivity contribution in [2.45, 2.75) is 31.4 Å². The van der Waals surface area contributed by atoms with Crippen LogP contribution >= 0.6 is 11.3 Å². The number of rotatable bonds is 11. The molecule has 0 saturated carbocycles. The van der Waals surface area contributed by atoms with E-state index < -0.39 is 10.0 Å². The van der Waals surface area contributed by atoms with Crippen LogP contribution in [0.2, 0.25) is 0 Å². The molecule has 6 nitrogen and oxygen atoms in total. The van der Waals surface area contributed by atoms with Gasteiger partial charge in [-0.1, -0.05) is 30.3 Å². The fraction of sp³-hybridized carbons (Fsp3) is 0.273. The SMILES string of the molecule is CCOc1cccc(CNCCc2ccc(S(N)(=O)=O)cc2)c1OCc1cccs1. The summed E-state index contributed by atoms with van der Waals surface area (Å²) in [5.41, 5.74) is 2.06. The molecule has 0 aliphatic heterocycles. The van der Waals surface area contributed by atoms with Gasteiger partial charge in [-0.25, -0.2) is 13.6 Å². The summed E-state index contributed by atoms with van der Waals surface area (Å²) in [6, 6.07) is 16.6. The molecule has 8 heteroatoms. The Balaban J connectivity index is 1.59. The molecular formula is C22H26N2O4S2. The van der Waals surface area contributed by atoms with Gasteiger partial charge in [-0.15, -0.1) is 11.3 Å². The first kappa shape index (κ1) is 22.3. The van der Waals surface area contributed by atoms with Crippen LogP contribution in [0.25, 0.3) is 0 Å². The van der Waals surface area contributed by atoms with Crippen molar-refractivity contribution in [1.29, 1.82) is 0 Å². The molecule has 0 aliphatic carbocycles. The van der Waals surface area contributed by atoms with E-state index in [-0.39, 0.29) is 4.90 Å². The van der Waals surface area contributed by atoms with E-state index >= 15 is 0 Å². The highest BCUT2D eigenvalue weighted by molar-refractivity contribution is 7.89. The molecule has 0 atom stereocenters. The molecule has 1 heterocycles. The van der Waals surface area contributed by atoms with Crippen molar-refractivity contribution in [3.05, 3.63) is 76.0 Å². The predicted octanol–water partition coefficient (Wildman–Crippen LogP) is 3.71. The fourth-order valence-corrected chi connectivity index (χ4v) is 4.10. The van der Waals surface area contributed by atoms with Gasteiger partial charge >= 0.3 is 0 Å². The largest absolute Gasteiger partial charge is 0.490 e. The molecule has 2 aromatic carbocycles. The van der Waals surface area contributed by atoms with Gasteiger partial charge in [0.05, 0.1) is 11.5 Å². The Morgan fingerprint density at radius 2 is 1.83 bits per heavy atom. The number of primary sulfonamides is 1. The summed E-state index contributed by atoms with van der Waals surface area (Å²) in [7, 11) is -3.66. The van der Waals surface area contributed by atoms with Gasteiger partial charge in [0.1, 0.15) is 6.61 Å². The third-order valence-corrected chi connectivity index (χ3v) is 6.24. The van der Waals surface area contributed by atoms with Gasteiger partial charge in [-0.2, -0.15) is 0 Å². The minimum Gasteiger partial charge on any atom is -0.490 e. The van der Waals surface area contributed by atoms with Crippen molar-refractivity contribution >= 4 is 21.4 Å². The first-order valence-corrected chi connectivity index (χ1v) is 12.1. The number of para-hydroxylation sites is 1. The number of hydrogen-bond acceptors (Lipinski definition) is 6. The molecule has 0 unspecified atom stereocenters. The summed E-state index contributed by atoms with van der Waals surface area (Å²) in [6.45, 7) is 4.40. The lowest BCUT2D eigenvalue weighted by Crippen LogP contribution is -2.18. The van der Waals surface area contributed by atoms with Gasteiger partial charge in [0, 0.05) is 17.0 Å². The van der Waals surface area contributed by atoms with E-state index in [0.717, 1.165) is 40.5 Å². The van der Waals surface area contributed by atoms with Crippen LogP contribution in [0.4, 0.5) is 0 Å². The van der Waals surface area contributed by atoms with Crippen molar-refractivity contribution < 1.29 is 17.9 Å². The molecular weight excluding hydrogens is 420 g/mol. The highest BCUT2D eigenvalue weighted by atomic mass is 32.2. The minimum absolute atomic E-state index is 0.125. The van der Waals surface area contributed by atoms with E-state index in [1.165, 1.54) is 12.1 Å². The van der Waals surface area contributed by atoms with E-state index in [1.54, 1.807) is 23.5 Å². The predicted molar refractivity (Wildman–Crippen MR) is 119 cm³/mol. The Labute approximate surface area is 181 Å². The third-order valence-electron chi connectivity index (χ3n) is 4.46. The van der Waals surface area contributed by atoms with Crippen LogP contribution in [0.1, 0.15) is 22.9 Å². The Morgan fingerprint density at radius 1 is 1.03 bits per heavy atom. The number of nitrogens with two attached hydrogens (primary N) is 1. The first-order chi connectivity index (χ1) is 14.5. The third kappa shape index (κ3) is 6.30. The van der Waals surface area contributed by atoms with Crippen molar-refractivity contribution in [2.75, 3.05) is 13.2 Å². The van der Waals surface area contributed by atoms with Crippen LogP contribution in [0.5, 0.6) is 11.5 Å². The van der Waals surface area contributed by atoms with Gasteiger partial charge < -0.3 is 14.8 Å². The van der Waals surface area contributed by atoms with Crippen LogP contribution < -0.4 is 19.9 Å². The summed E-state index contributed by atoms with van der Waals surface area (Å²) in [5.74, 6) is 1.50. The molecule has 160 valence electrons. The Hall–Kier alpha value is -2.39. The molecule has 0 spiro atoms. The molecule has 30 heavy (non-hydrogen) atoms. The van der Waals surface area contributed by atoms with E-state index in [9.17, 15) is 8.42 Å². The lowest BCUT2D eigenvalue weighted by Gasteiger charge is -2.16. The highest BCUT2D eigenvalue weighted by Gasteiger charge is 2.12. The monoisotopic (exact) mass is 446 g/mol. The Bertz CT molecular complexity index is 1030. The summed E-state index contributed by atoms with van der Waals surface area (Å²) < 4.78 is 34.5. The maximum atomic E-state index is 11.3. The number of sulfonamides is 1. The quantitative estimate of drug-likeness (QED) is 0.438. The summed E-state index contributed by atoms with van der Waals surface area (Å²) in [5, 5.41) is 10.6. The van der Waals surface area contributed by atoms with Crippen LogP contribution in [0, 0.1) is 0 Å². The maximum Gasteiger partial charge on any atom is 0.238 e. The van der Waals surface area contributed by atoms with Crippen molar-refractivity contribution in [3.8, 4) is 11.5 Å². The lowest BCUT2D eigenvalue weighted by molar-refractivity contribution is 0.268. The molecule has 0 fully saturated rings. The average Bonchev–Trinajstić information content (AvgIpc) is 3.24. The topological polar surface area (TPSA) is 90.6 Å². The van der Waals surface area contributed by atoms with Crippen LogP contribution in [0.15, 0.2) is 64.9 Å². The standard InChI is InChI=1S/C22H26N2O4S2/c1-2-27-21-7-3-5-18(22(21)28-16-19-6-4-14-29-19)15-24-13-12-17-8-10-20(11-9-17)30(23,25)26/h3-11,14,24H,2,12-13,15-16H2,1H3,(H2,23,25,26). The van der Waals surface area contributed by atoms with Gasteiger partial charge in [-0.05, 0) is 55.1 Å². The normalized spacial score (nSPS) is 11.4. The molecule has 3 rings (SSSR count). The van der Waals surface area contributed by atoms with Gasteiger partial charge in [0.25, 0.3) is 0 Å². The zero-order valence-corrected chi connectivity index (χ0v) is 18.5. The maximum absolute atomic E-state index is 11.3. The lowest BCUT2D eigenvalue weighted by atomic mass is 10.1. The first-order valence-electron chi connectivity index (χ1n) is 9.69. The zero-order chi connectivity index (χ0) is 21.4. The van der Waals surface area contributed by atoms with Gasteiger partial charge in [-0.3, -0.25) is 0 Å². The number of thiophene rings is 1. The second-order valence-electron chi connectivity index (χ2n) is 6.66.